The van der Waals surface area contributed by atoms with Gasteiger partial charge in [0.15, 0.2) is 0 Å². The fraction of sp³-hybridized carbons (Fsp3) is 0.625. The van der Waals surface area contributed by atoms with Crippen LogP contribution in [0.25, 0.3) is 0 Å². The molecule has 2 fully saturated rings. The molecule has 0 amide bonds. The second kappa shape index (κ2) is 6.44. The van der Waals surface area contributed by atoms with Gasteiger partial charge < -0.3 is 4.74 Å². The average molecular weight is 378 g/mol. The van der Waals surface area contributed by atoms with E-state index in [9.17, 15) is 21.6 Å². The van der Waals surface area contributed by atoms with Crippen molar-refractivity contribution in [1.29, 1.82) is 0 Å². The summed E-state index contributed by atoms with van der Waals surface area (Å²) in [7, 11) is -0.629. The molecule has 2 aliphatic rings. The highest BCUT2D eigenvalue weighted by atomic mass is 32.2. The molecule has 5 nitrogen and oxygen atoms in total. The number of alkyl halides is 3. The van der Waals surface area contributed by atoms with Crippen LogP contribution in [0.2, 0.25) is 0 Å². The first-order valence-electron chi connectivity index (χ1n) is 8.11. The summed E-state index contributed by atoms with van der Waals surface area (Å²) >= 11 is 0. The van der Waals surface area contributed by atoms with E-state index in [1.165, 1.54) is 34.8 Å². The molecule has 0 N–H and O–H groups in total. The molecule has 140 valence electrons. The van der Waals surface area contributed by atoms with E-state index < -0.39 is 21.9 Å². The number of fused-ring (bicyclic) bond motifs is 2. The normalized spacial score (nSPS) is 27.2. The van der Waals surface area contributed by atoms with Crippen LogP contribution in [-0.2, 0) is 16.4 Å². The molecule has 1 saturated carbocycles. The Kier molecular flexibility index (Phi) is 4.76. The van der Waals surface area contributed by atoms with E-state index in [4.69, 9.17) is 4.74 Å². The molecule has 0 aromatic heterocycles. The standard InChI is InChI=1S/C16H21F3N2O3S/c1-20(2)25(22,23)21-13-7-6-11(8-13)15(21)10-24-14-5-3-4-12(9-14)16(17,18)19/h3-5,9,11,13,15H,6-8,10H2,1-2H3/t11-,13+,15-/m0/s1. The van der Waals surface area contributed by atoms with Gasteiger partial charge in [0, 0.05) is 20.1 Å². The first-order valence-corrected chi connectivity index (χ1v) is 9.51. The molecule has 1 aliphatic carbocycles. The minimum atomic E-state index is -4.44. The van der Waals surface area contributed by atoms with E-state index in [0.717, 1.165) is 31.4 Å². The molecule has 1 aliphatic heterocycles. The van der Waals surface area contributed by atoms with Crippen molar-refractivity contribution in [2.75, 3.05) is 20.7 Å². The summed E-state index contributed by atoms with van der Waals surface area (Å²) in [5.41, 5.74) is -0.782. The largest absolute Gasteiger partial charge is 0.492 e. The Balaban J connectivity index is 1.76. The predicted octanol–water partition coefficient (Wildman–Crippen LogP) is 2.74. The molecule has 0 radical (unpaired) electrons. The van der Waals surface area contributed by atoms with Gasteiger partial charge in [0.1, 0.15) is 12.4 Å². The van der Waals surface area contributed by atoms with Crippen LogP contribution in [0.3, 0.4) is 0 Å². The lowest BCUT2D eigenvalue weighted by Gasteiger charge is -2.35. The van der Waals surface area contributed by atoms with Crippen molar-refractivity contribution in [3.8, 4) is 5.75 Å². The molecule has 1 heterocycles. The average Bonchev–Trinajstić information content (AvgIpc) is 3.13. The molecule has 3 atom stereocenters. The van der Waals surface area contributed by atoms with Gasteiger partial charge in [-0.25, -0.2) is 0 Å². The first-order chi connectivity index (χ1) is 11.6. The van der Waals surface area contributed by atoms with Gasteiger partial charge in [0.25, 0.3) is 10.2 Å². The third-order valence-corrected chi connectivity index (χ3v) is 7.01. The Bertz CT molecular complexity index is 736. The van der Waals surface area contributed by atoms with Crippen molar-refractivity contribution in [1.82, 2.24) is 8.61 Å². The van der Waals surface area contributed by atoms with Gasteiger partial charge in [-0.1, -0.05) is 6.07 Å². The van der Waals surface area contributed by atoms with E-state index >= 15 is 0 Å². The lowest BCUT2D eigenvalue weighted by Crippen LogP contribution is -2.51. The van der Waals surface area contributed by atoms with E-state index in [2.05, 4.69) is 0 Å². The highest BCUT2D eigenvalue weighted by Gasteiger charge is 2.52. The van der Waals surface area contributed by atoms with Crippen LogP contribution in [0.4, 0.5) is 13.2 Å². The van der Waals surface area contributed by atoms with Gasteiger partial charge in [-0.15, -0.1) is 0 Å². The molecular formula is C16H21F3N2O3S. The quantitative estimate of drug-likeness (QED) is 0.792. The van der Waals surface area contributed by atoms with Crippen molar-refractivity contribution in [3.63, 3.8) is 0 Å². The monoisotopic (exact) mass is 378 g/mol. The van der Waals surface area contributed by atoms with Crippen LogP contribution in [0.15, 0.2) is 24.3 Å². The van der Waals surface area contributed by atoms with E-state index in [1.54, 1.807) is 0 Å². The smallest absolute Gasteiger partial charge is 0.416 e. The zero-order valence-electron chi connectivity index (χ0n) is 14.0. The Hall–Kier alpha value is -1.32. The molecule has 0 unspecified atom stereocenters. The van der Waals surface area contributed by atoms with Gasteiger partial charge in [-0.05, 0) is 43.4 Å². The molecule has 0 spiro atoms. The molecule has 25 heavy (non-hydrogen) atoms. The van der Waals surface area contributed by atoms with Gasteiger partial charge in [0.05, 0.1) is 11.6 Å². The maximum absolute atomic E-state index is 12.8. The minimum absolute atomic E-state index is 0.0486. The number of hydrogen-bond acceptors (Lipinski definition) is 3. The van der Waals surface area contributed by atoms with Crippen LogP contribution in [0, 0.1) is 5.92 Å². The van der Waals surface area contributed by atoms with Crippen molar-refractivity contribution in [2.24, 2.45) is 5.92 Å². The number of ether oxygens (including phenoxy) is 1. The summed E-state index contributed by atoms with van der Waals surface area (Å²) in [5, 5.41) is 0. The topological polar surface area (TPSA) is 49.9 Å². The molecule has 1 saturated heterocycles. The van der Waals surface area contributed by atoms with Gasteiger partial charge in [0.2, 0.25) is 0 Å². The zero-order valence-corrected chi connectivity index (χ0v) is 14.8. The second-order valence-corrected chi connectivity index (χ2v) is 8.80. The minimum Gasteiger partial charge on any atom is -0.492 e. The van der Waals surface area contributed by atoms with E-state index in [-0.39, 0.29) is 30.4 Å². The summed E-state index contributed by atoms with van der Waals surface area (Å²) in [5.74, 6) is 0.283. The molecular weight excluding hydrogens is 357 g/mol. The number of rotatable bonds is 5. The number of nitrogens with zero attached hydrogens (tertiary/aromatic N) is 2. The third-order valence-electron chi connectivity index (χ3n) is 4.99. The summed E-state index contributed by atoms with van der Waals surface area (Å²) in [4.78, 5) is 0. The zero-order chi connectivity index (χ0) is 18.4. The van der Waals surface area contributed by atoms with Crippen LogP contribution in [-0.4, -0.2) is 49.8 Å². The molecule has 1 aromatic carbocycles. The van der Waals surface area contributed by atoms with Crippen LogP contribution in [0.1, 0.15) is 24.8 Å². The van der Waals surface area contributed by atoms with E-state index in [0.29, 0.717) is 0 Å². The van der Waals surface area contributed by atoms with Gasteiger partial charge in [-0.2, -0.15) is 30.2 Å². The Labute approximate surface area is 145 Å². The maximum Gasteiger partial charge on any atom is 0.416 e. The number of hydrogen-bond donors (Lipinski definition) is 0. The van der Waals surface area contributed by atoms with Crippen molar-refractivity contribution in [3.05, 3.63) is 29.8 Å². The number of benzene rings is 1. The number of piperidine rings is 1. The Morgan fingerprint density at radius 2 is 2.00 bits per heavy atom. The maximum atomic E-state index is 12.8. The Morgan fingerprint density at radius 1 is 1.28 bits per heavy atom. The molecule has 1 aromatic rings. The summed E-state index contributed by atoms with van der Waals surface area (Å²) in [6.07, 6.45) is -1.92. The predicted molar refractivity (Wildman–Crippen MR) is 86.3 cm³/mol. The van der Waals surface area contributed by atoms with Crippen LogP contribution in [0.5, 0.6) is 5.75 Å². The summed E-state index contributed by atoms with van der Waals surface area (Å²) < 4.78 is 71.7. The van der Waals surface area contributed by atoms with Crippen molar-refractivity contribution < 1.29 is 26.3 Å². The fourth-order valence-electron chi connectivity index (χ4n) is 3.75. The number of halogens is 3. The fourth-order valence-corrected chi connectivity index (χ4v) is 5.27. The lowest BCUT2D eigenvalue weighted by molar-refractivity contribution is -0.137. The molecule has 2 bridgehead atoms. The highest BCUT2D eigenvalue weighted by molar-refractivity contribution is 7.86. The van der Waals surface area contributed by atoms with E-state index in [1.807, 2.05) is 0 Å². The Morgan fingerprint density at radius 3 is 2.64 bits per heavy atom. The van der Waals surface area contributed by atoms with Crippen LogP contribution < -0.4 is 4.74 Å². The second-order valence-electron chi connectivity index (χ2n) is 6.75. The third kappa shape index (κ3) is 3.50. The molecule has 3 rings (SSSR count). The highest BCUT2D eigenvalue weighted by Crippen LogP contribution is 2.44. The first kappa shape index (κ1) is 18.5. The van der Waals surface area contributed by atoms with Gasteiger partial charge >= 0.3 is 6.18 Å². The summed E-state index contributed by atoms with van der Waals surface area (Å²) in [6.45, 7) is 0.0511. The summed E-state index contributed by atoms with van der Waals surface area (Å²) in [6, 6.07) is 4.26. The van der Waals surface area contributed by atoms with Crippen molar-refractivity contribution in [2.45, 2.75) is 37.5 Å². The SMILES string of the molecule is CN(C)S(=O)(=O)N1[C@@H]2CC[C@@H](C2)[C@@H]1COc1cccc(C(F)(F)F)c1. The van der Waals surface area contributed by atoms with Crippen molar-refractivity contribution >= 4 is 10.2 Å². The van der Waals surface area contributed by atoms with Crippen LogP contribution >= 0.6 is 0 Å². The van der Waals surface area contributed by atoms with Gasteiger partial charge in [-0.3, -0.25) is 0 Å². The molecule has 9 heteroatoms. The lowest BCUT2D eigenvalue weighted by atomic mass is 10.0.